The maximum Gasteiger partial charge on any atom is 0.229 e. The molecule has 104 valence electrons. The molecule has 0 spiro atoms. The zero-order valence-electron chi connectivity index (χ0n) is 11.0. The number of nitrogens with zero attached hydrogens (tertiary/aromatic N) is 1. The van der Waals surface area contributed by atoms with Gasteiger partial charge in [-0.1, -0.05) is 6.07 Å². The van der Waals surface area contributed by atoms with Gasteiger partial charge in [0, 0.05) is 20.1 Å². The predicted molar refractivity (Wildman–Crippen MR) is 68.4 cm³/mol. The first-order valence-electron chi connectivity index (χ1n) is 6.38. The van der Waals surface area contributed by atoms with Gasteiger partial charge in [0.15, 0.2) is 11.6 Å². The molecule has 0 radical (unpaired) electrons. The summed E-state index contributed by atoms with van der Waals surface area (Å²) in [6, 6.07) is 3.81. The van der Waals surface area contributed by atoms with E-state index < -0.39 is 11.6 Å². The maximum absolute atomic E-state index is 13.0. The molecule has 0 heterocycles. The molecule has 0 saturated heterocycles. The fourth-order valence-corrected chi connectivity index (χ4v) is 2.15. The van der Waals surface area contributed by atoms with Crippen molar-refractivity contribution in [1.29, 1.82) is 0 Å². The number of amides is 1. The Morgan fingerprint density at radius 2 is 2.05 bits per heavy atom. The summed E-state index contributed by atoms with van der Waals surface area (Å²) in [5.74, 6) is -1.65. The van der Waals surface area contributed by atoms with Gasteiger partial charge < -0.3 is 10.6 Å². The Morgan fingerprint density at radius 1 is 1.37 bits per heavy atom. The molecule has 2 rings (SSSR count). The Balaban J connectivity index is 1.91. The number of nitrogens with two attached hydrogens (primary N) is 1. The zero-order chi connectivity index (χ0) is 14.0. The number of rotatable bonds is 5. The first-order chi connectivity index (χ1) is 8.98. The van der Waals surface area contributed by atoms with E-state index in [4.69, 9.17) is 5.73 Å². The van der Waals surface area contributed by atoms with Crippen LogP contribution in [0.3, 0.4) is 0 Å². The summed E-state index contributed by atoms with van der Waals surface area (Å²) in [7, 11) is 1.72. The van der Waals surface area contributed by atoms with Crippen molar-refractivity contribution in [3.05, 3.63) is 35.4 Å². The molecule has 3 nitrogen and oxygen atoms in total. The lowest BCUT2D eigenvalue weighted by atomic mass is 10.1. The highest BCUT2D eigenvalue weighted by molar-refractivity contribution is 5.85. The molecule has 0 atom stereocenters. The molecule has 1 aliphatic carbocycles. The van der Waals surface area contributed by atoms with Gasteiger partial charge in [-0.2, -0.15) is 0 Å². The van der Waals surface area contributed by atoms with E-state index in [1.165, 1.54) is 12.1 Å². The van der Waals surface area contributed by atoms with Gasteiger partial charge in [-0.3, -0.25) is 4.79 Å². The van der Waals surface area contributed by atoms with E-state index in [9.17, 15) is 13.6 Å². The molecule has 19 heavy (non-hydrogen) atoms. The second-order valence-electron chi connectivity index (χ2n) is 5.21. The third kappa shape index (κ3) is 2.92. The van der Waals surface area contributed by atoms with Crippen molar-refractivity contribution in [2.24, 2.45) is 11.1 Å². The summed E-state index contributed by atoms with van der Waals surface area (Å²) < 4.78 is 25.8. The average molecular weight is 268 g/mol. The van der Waals surface area contributed by atoms with Crippen LogP contribution in [0, 0.1) is 17.0 Å². The van der Waals surface area contributed by atoms with E-state index in [2.05, 4.69) is 0 Å². The molecule has 1 aromatic carbocycles. The van der Waals surface area contributed by atoms with Crippen LogP contribution >= 0.6 is 0 Å². The predicted octanol–water partition coefficient (Wildman–Crippen LogP) is 1.70. The second kappa shape index (κ2) is 5.25. The van der Waals surface area contributed by atoms with E-state index in [-0.39, 0.29) is 11.3 Å². The van der Waals surface area contributed by atoms with Gasteiger partial charge in [0.2, 0.25) is 5.91 Å². The highest BCUT2D eigenvalue weighted by Gasteiger charge is 2.49. The van der Waals surface area contributed by atoms with Crippen molar-refractivity contribution < 1.29 is 13.6 Å². The van der Waals surface area contributed by atoms with Crippen molar-refractivity contribution in [3.63, 3.8) is 0 Å². The molecular weight excluding hydrogens is 250 g/mol. The van der Waals surface area contributed by atoms with Gasteiger partial charge in [0.1, 0.15) is 0 Å². The fraction of sp³-hybridized carbons (Fsp3) is 0.500. The van der Waals surface area contributed by atoms with Crippen molar-refractivity contribution in [2.75, 3.05) is 20.1 Å². The Morgan fingerprint density at radius 3 is 2.58 bits per heavy atom. The van der Waals surface area contributed by atoms with Gasteiger partial charge in [-0.05, 0) is 37.0 Å². The molecule has 1 saturated carbocycles. The number of likely N-dealkylation sites (N-methyl/N-ethyl adjacent to an activating group) is 1. The van der Waals surface area contributed by atoms with E-state index >= 15 is 0 Å². The molecule has 1 fully saturated rings. The summed E-state index contributed by atoms with van der Waals surface area (Å²) >= 11 is 0. The molecule has 0 aromatic heterocycles. The largest absolute Gasteiger partial charge is 0.345 e. The Hall–Kier alpha value is -1.49. The summed E-state index contributed by atoms with van der Waals surface area (Å²) in [5, 5.41) is 0. The van der Waals surface area contributed by atoms with Gasteiger partial charge in [0.25, 0.3) is 0 Å². The monoisotopic (exact) mass is 268 g/mol. The minimum Gasteiger partial charge on any atom is -0.345 e. The Kier molecular flexibility index (Phi) is 3.85. The Bertz CT molecular complexity index is 486. The summed E-state index contributed by atoms with van der Waals surface area (Å²) in [6.07, 6.45) is 2.19. The van der Waals surface area contributed by atoms with Crippen molar-refractivity contribution in [3.8, 4) is 0 Å². The third-order valence-corrected chi connectivity index (χ3v) is 3.76. The number of carbonyl (C=O) groups excluding carboxylic acids is 1. The van der Waals surface area contributed by atoms with Gasteiger partial charge in [-0.15, -0.1) is 0 Å². The SMILES string of the molecule is CN(CCc1ccc(F)c(F)c1)C(=O)C1(CN)CC1. The van der Waals surface area contributed by atoms with Crippen molar-refractivity contribution in [2.45, 2.75) is 19.3 Å². The van der Waals surface area contributed by atoms with Crippen LogP contribution in [0.15, 0.2) is 18.2 Å². The van der Waals surface area contributed by atoms with Crippen LogP contribution in [0.1, 0.15) is 18.4 Å². The number of hydrogen-bond donors (Lipinski definition) is 1. The minimum absolute atomic E-state index is 0.0533. The number of carbonyl (C=O) groups is 1. The summed E-state index contributed by atoms with van der Waals surface area (Å²) in [4.78, 5) is 13.7. The average Bonchev–Trinajstić information content (AvgIpc) is 3.20. The van der Waals surface area contributed by atoms with Crippen LogP contribution in [0.5, 0.6) is 0 Å². The smallest absolute Gasteiger partial charge is 0.229 e. The standard InChI is InChI=1S/C14H18F2N2O/c1-18(13(19)14(9-17)5-6-14)7-4-10-2-3-11(15)12(16)8-10/h2-3,8H,4-7,9,17H2,1H3. The van der Waals surface area contributed by atoms with Crippen LogP contribution in [0.4, 0.5) is 8.78 Å². The Labute approximate surface area is 111 Å². The van der Waals surface area contributed by atoms with Crippen LogP contribution < -0.4 is 5.73 Å². The number of benzene rings is 1. The third-order valence-electron chi connectivity index (χ3n) is 3.76. The molecule has 1 aromatic rings. The number of hydrogen-bond acceptors (Lipinski definition) is 2. The lowest BCUT2D eigenvalue weighted by Crippen LogP contribution is -2.39. The zero-order valence-corrected chi connectivity index (χ0v) is 11.0. The van der Waals surface area contributed by atoms with Crippen LogP contribution in [0.25, 0.3) is 0 Å². The van der Waals surface area contributed by atoms with Crippen LogP contribution in [-0.2, 0) is 11.2 Å². The van der Waals surface area contributed by atoms with Gasteiger partial charge >= 0.3 is 0 Å². The van der Waals surface area contributed by atoms with Gasteiger partial charge in [-0.25, -0.2) is 8.78 Å². The highest BCUT2D eigenvalue weighted by atomic mass is 19.2. The quantitative estimate of drug-likeness (QED) is 0.883. The first kappa shape index (κ1) is 13.9. The fourth-order valence-electron chi connectivity index (χ4n) is 2.15. The van der Waals surface area contributed by atoms with E-state index in [0.717, 1.165) is 18.9 Å². The lowest BCUT2D eigenvalue weighted by Gasteiger charge is -2.22. The first-order valence-corrected chi connectivity index (χ1v) is 6.38. The van der Waals surface area contributed by atoms with E-state index in [1.54, 1.807) is 11.9 Å². The van der Waals surface area contributed by atoms with E-state index in [0.29, 0.717) is 25.1 Å². The topological polar surface area (TPSA) is 46.3 Å². The van der Waals surface area contributed by atoms with Crippen LogP contribution in [-0.4, -0.2) is 30.9 Å². The number of halogens is 2. The summed E-state index contributed by atoms with van der Waals surface area (Å²) in [6.45, 7) is 0.854. The molecule has 2 N–H and O–H groups in total. The molecule has 0 aliphatic heterocycles. The molecule has 0 bridgehead atoms. The normalized spacial score (nSPS) is 16.2. The molecule has 1 aliphatic rings. The molecular formula is C14H18F2N2O. The van der Waals surface area contributed by atoms with Crippen molar-refractivity contribution >= 4 is 5.91 Å². The highest BCUT2D eigenvalue weighted by Crippen LogP contribution is 2.45. The molecule has 0 unspecified atom stereocenters. The van der Waals surface area contributed by atoms with Crippen molar-refractivity contribution in [1.82, 2.24) is 4.90 Å². The molecule has 5 heteroatoms. The summed E-state index contributed by atoms with van der Waals surface area (Å²) in [5.41, 5.74) is 5.93. The minimum atomic E-state index is -0.855. The van der Waals surface area contributed by atoms with Crippen LogP contribution in [0.2, 0.25) is 0 Å². The molecule has 1 amide bonds. The maximum atomic E-state index is 13.0. The lowest BCUT2D eigenvalue weighted by molar-refractivity contribution is -0.135. The van der Waals surface area contributed by atoms with Gasteiger partial charge in [0.05, 0.1) is 5.41 Å². The van der Waals surface area contributed by atoms with E-state index in [1.807, 2.05) is 0 Å². The second-order valence-corrected chi connectivity index (χ2v) is 5.21.